The Kier molecular flexibility index (Phi) is 6.30. The highest BCUT2D eigenvalue weighted by Gasteiger charge is 2.16. The van der Waals surface area contributed by atoms with Gasteiger partial charge in [-0.2, -0.15) is 0 Å². The molecule has 2 heterocycles. The Hall–Kier alpha value is -2.90. The summed E-state index contributed by atoms with van der Waals surface area (Å²) in [5, 5.41) is 1.67. The van der Waals surface area contributed by atoms with E-state index in [1.807, 2.05) is 59.1 Å². The molecule has 0 spiro atoms. The standard InChI is InChI=1S/C23H25N3O3S/c27-30(28,21-12-7-10-19-9-3-4-11-20(19)21)25-15-5-1-2-6-18-29-23-14-8-13-22-24-16-17-26(22)23/h3-4,7-14,16-17,25H,1-2,5-6,15,18H2. The summed E-state index contributed by atoms with van der Waals surface area (Å²) in [6.45, 7) is 1.06. The maximum absolute atomic E-state index is 12.7. The van der Waals surface area contributed by atoms with Crippen LogP contribution in [0.3, 0.4) is 0 Å². The van der Waals surface area contributed by atoms with Gasteiger partial charge >= 0.3 is 0 Å². The van der Waals surface area contributed by atoms with Gasteiger partial charge in [0.25, 0.3) is 0 Å². The van der Waals surface area contributed by atoms with E-state index in [0.29, 0.717) is 18.0 Å². The van der Waals surface area contributed by atoms with Crippen molar-refractivity contribution in [2.45, 2.75) is 30.6 Å². The SMILES string of the molecule is O=S(=O)(NCCCCCCOc1cccc2nccn12)c1cccc2ccccc12. The second-order valence-corrected chi connectivity index (χ2v) is 8.89. The molecule has 0 saturated carbocycles. The summed E-state index contributed by atoms with van der Waals surface area (Å²) in [5.74, 6) is 0.785. The number of nitrogens with zero attached hydrogens (tertiary/aromatic N) is 2. The average molecular weight is 424 g/mol. The first kappa shape index (κ1) is 20.4. The maximum atomic E-state index is 12.7. The zero-order chi connectivity index (χ0) is 20.8. The lowest BCUT2D eigenvalue weighted by molar-refractivity contribution is 0.290. The lowest BCUT2D eigenvalue weighted by Crippen LogP contribution is -2.25. The van der Waals surface area contributed by atoms with Gasteiger partial charge in [0.2, 0.25) is 10.0 Å². The first-order valence-corrected chi connectivity index (χ1v) is 11.7. The molecule has 6 nitrogen and oxygen atoms in total. The van der Waals surface area contributed by atoms with Crippen molar-refractivity contribution in [1.82, 2.24) is 14.1 Å². The van der Waals surface area contributed by atoms with Crippen molar-refractivity contribution >= 4 is 26.4 Å². The number of hydrogen-bond donors (Lipinski definition) is 1. The zero-order valence-electron chi connectivity index (χ0n) is 16.7. The van der Waals surface area contributed by atoms with Crippen molar-refractivity contribution in [3.8, 4) is 5.88 Å². The fraction of sp³-hybridized carbons (Fsp3) is 0.261. The quantitative estimate of drug-likeness (QED) is 0.384. The van der Waals surface area contributed by atoms with E-state index in [9.17, 15) is 8.42 Å². The Bertz CT molecular complexity index is 1230. The van der Waals surface area contributed by atoms with Crippen LogP contribution >= 0.6 is 0 Å². The molecule has 0 atom stereocenters. The number of ether oxygens (including phenoxy) is 1. The van der Waals surface area contributed by atoms with Gasteiger partial charge < -0.3 is 4.74 Å². The largest absolute Gasteiger partial charge is 0.479 e. The highest BCUT2D eigenvalue weighted by molar-refractivity contribution is 7.89. The molecular weight excluding hydrogens is 398 g/mol. The molecule has 0 radical (unpaired) electrons. The van der Waals surface area contributed by atoms with Crippen molar-refractivity contribution in [3.63, 3.8) is 0 Å². The highest BCUT2D eigenvalue weighted by atomic mass is 32.2. The summed E-state index contributed by atoms with van der Waals surface area (Å²) in [6, 6.07) is 18.7. The van der Waals surface area contributed by atoms with Crippen LogP contribution in [0.2, 0.25) is 0 Å². The number of nitrogens with one attached hydrogen (secondary N) is 1. The molecule has 0 saturated heterocycles. The van der Waals surface area contributed by atoms with Crippen LogP contribution in [-0.4, -0.2) is 31.0 Å². The topological polar surface area (TPSA) is 72.7 Å². The van der Waals surface area contributed by atoms with Gasteiger partial charge in [-0.3, -0.25) is 4.40 Å². The number of imidazole rings is 1. The molecule has 156 valence electrons. The zero-order valence-corrected chi connectivity index (χ0v) is 17.5. The van der Waals surface area contributed by atoms with E-state index in [0.717, 1.165) is 48.0 Å². The van der Waals surface area contributed by atoms with Crippen LogP contribution < -0.4 is 9.46 Å². The number of benzene rings is 2. The predicted octanol–water partition coefficient (Wildman–Crippen LogP) is 4.41. The Morgan fingerprint density at radius 1 is 0.900 bits per heavy atom. The van der Waals surface area contributed by atoms with Crippen molar-refractivity contribution < 1.29 is 13.2 Å². The smallest absolute Gasteiger partial charge is 0.241 e. The van der Waals surface area contributed by atoms with E-state index in [-0.39, 0.29) is 0 Å². The van der Waals surface area contributed by atoms with Crippen molar-refractivity contribution in [2.24, 2.45) is 0 Å². The fourth-order valence-electron chi connectivity index (χ4n) is 3.51. The Balaban J connectivity index is 1.19. The number of hydrogen-bond acceptors (Lipinski definition) is 4. The molecule has 7 heteroatoms. The summed E-state index contributed by atoms with van der Waals surface area (Å²) in [7, 11) is -3.52. The molecule has 0 unspecified atom stereocenters. The number of aromatic nitrogens is 2. The predicted molar refractivity (Wildman–Crippen MR) is 118 cm³/mol. The summed E-state index contributed by atoms with van der Waals surface area (Å²) in [5.41, 5.74) is 0.867. The van der Waals surface area contributed by atoms with E-state index in [2.05, 4.69) is 9.71 Å². The van der Waals surface area contributed by atoms with Crippen LogP contribution in [-0.2, 0) is 10.0 Å². The number of pyridine rings is 1. The molecule has 2 aromatic carbocycles. The average Bonchev–Trinajstić information content (AvgIpc) is 3.25. The molecule has 0 aliphatic heterocycles. The summed E-state index contributed by atoms with van der Waals surface area (Å²) in [6.07, 6.45) is 7.27. The number of fused-ring (bicyclic) bond motifs is 2. The third-order valence-corrected chi connectivity index (χ3v) is 6.56. The van der Waals surface area contributed by atoms with E-state index in [1.165, 1.54) is 0 Å². The molecule has 30 heavy (non-hydrogen) atoms. The molecule has 2 aromatic heterocycles. The Morgan fingerprint density at radius 2 is 1.70 bits per heavy atom. The van der Waals surface area contributed by atoms with Crippen molar-refractivity contribution in [3.05, 3.63) is 73.1 Å². The fourth-order valence-corrected chi connectivity index (χ4v) is 4.81. The van der Waals surface area contributed by atoms with Crippen molar-refractivity contribution in [1.29, 1.82) is 0 Å². The van der Waals surface area contributed by atoms with E-state index in [4.69, 9.17) is 4.74 Å². The first-order valence-electron chi connectivity index (χ1n) is 10.2. The van der Waals surface area contributed by atoms with Crippen LogP contribution in [0.4, 0.5) is 0 Å². The third kappa shape index (κ3) is 4.63. The van der Waals surface area contributed by atoms with Gasteiger partial charge in [0.1, 0.15) is 5.65 Å². The minimum Gasteiger partial charge on any atom is -0.479 e. The summed E-state index contributed by atoms with van der Waals surface area (Å²) >= 11 is 0. The minimum absolute atomic E-state index is 0.336. The molecule has 0 fully saturated rings. The lowest BCUT2D eigenvalue weighted by Gasteiger charge is -2.10. The molecule has 0 aliphatic carbocycles. The van der Waals surface area contributed by atoms with E-state index in [1.54, 1.807) is 18.3 Å². The second-order valence-electron chi connectivity index (χ2n) is 7.16. The van der Waals surface area contributed by atoms with Crippen LogP contribution in [0, 0.1) is 0 Å². The first-order chi connectivity index (χ1) is 14.6. The number of sulfonamides is 1. The normalized spacial score (nSPS) is 11.9. The maximum Gasteiger partial charge on any atom is 0.241 e. The van der Waals surface area contributed by atoms with E-state index < -0.39 is 10.0 Å². The Labute approximate surface area is 176 Å². The van der Waals surface area contributed by atoms with Crippen molar-refractivity contribution in [2.75, 3.05) is 13.2 Å². The van der Waals surface area contributed by atoms with Gasteiger partial charge in [-0.25, -0.2) is 18.1 Å². The minimum atomic E-state index is -3.52. The number of unbranched alkanes of at least 4 members (excludes halogenated alkanes) is 3. The Morgan fingerprint density at radius 3 is 2.63 bits per heavy atom. The summed E-state index contributed by atoms with van der Waals surface area (Å²) < 4.78 is 35.9. The van der Waals surface area contributed by atoms with Gasteiger partial charge in [-0.1, -0.05) is 55.3 Å². The van der Waals surface area contributed by atoms with Gasteiger partial charge in [-0.15, -0.1) is 0 Å². The molecule has 0 amide bonds. The monoisotopic (exact) mass is 423 g/mol. The van der Waals surface area contributed by atoms with Gasteiger partial charge in [0, 0.05) is 24.3 Å². The van der Waals surface area contributed by atoms with Gasteiger partial charge in [-0.05, 0) is 36.4 Å². The highest BCUT2D eigenvalue weighted by Crippen LogP contribution is 2.22. The molecule has 1 N–H and O–H groups in total. The van der Waals surface area contributed by atoms with Crippen LogP contribution in [0.25, 0.3) is 16.4 Å². The molecule has 0 aliphatic rings. The molecular formula is C23H25N3O3S. The van der Waals surface area contributed by atoms with E-state index >= 15 is 0 Å². The second kappa shape index (κ2) is 9.28. The van der Waals surface area contributed by atoms with Crippen LogP contribution in [0.1, 0.15) is 25.7 Å². The van der Waals surface area contributed by atoms with Crippen LogP contribution in [0.5, 0.6) is 5.88 Å². The van der Waals surface area contributed by atoms with Gasteiger partial charge in [0.05, 0.1) is 11.5 Å². The molecule has 4 aromatic rings. The lowest BCUT2D eigenvalue weighted by atomic mass is 10.1. The third-order valence-electron chi connectivity index (χ3n) is 5.04. The summed E-state index contributed by atoms with van der Waals surface area (Å²) in [4.78, 5) is 4.58. The molecule has 0 bridgehead atoms. The molecule has 4 rings (SSSR count). The van der Waals surface area contributed by atoms with Crippen LogP contribution in [0.15, 0.2) is 78.0 Å². The number of rotatable bonds is 10. The van der Waals surface area contributed by atoms with Gasteiger partial charge in [0.15, 0.2) is 5.88 Å².